The Labute approximate surface area is 116 Å². The van der Waals surface area contributed by atoms with Gasteiger partial charge < -0.3 is 14.9 Å². The Bertz CT molecular complexity index is 463. The van der Waals surface area contributed by atoms with Crippen LogP contribution in [-0.4, -0.2) is 46.2 Å². The van der Waals surface area contributed by atoms with Gasteiger partial charge in [-0.2, -0.15) is 0 Å². The molecular weight excluding hydrogens is 274 g/mol. The molecule has 1 aliphatic rings. The molecule has 0 aliphatic carbocycles. The first-order chi connectivity index (χ1) is 8.56. The van der Waals surface area contributed by atoms with Gasteiger partial charge in [0, 0.05) is 6.07 Å². The first-order valence-electron chi connectivity index (χ1n) is 5.76. The van der Waals surface area contributed by atoms with Crippen molar-refractivity contribution in [1.82, 2.24) is 10.1 Å². The Hall–Kier alpha value is -1.60. The fraction of sp³-hybridized carbons (Fsp3) is 0.545. The number of anilines is 1. The van der Waals surface area contributed by atoms with Crippen LogP contribution in [0.1, 0.15) is 18.6 Å². The quantitative estimate of drug-likeness (QED) is 0.855. The lowest BCUT2D eigenvalue weighted by Gasteiger charge is -2.19. The summed E-state index contributed by atoms with van der Waals surface area (Å²) in [6.45, 7) is 2.41. The highest BCUT2D eigenvalue weighted by molar-refractivity contribution is 5.91. The van der Waals surface area contributed by atoms with Crippen LogP contribution in [0.3, 0.4) is 0 Å². The molecule has 8 heteroatoms. The highest BCUT2D eigenvalue weighted by atomic mass is 35.5. The van der Waals surface area contributed by atoms with Crippen molar-refractivity contribution in [2.75, 3.05) is 18.4 Å². The van der Waals surface area contributed by atoms with Crippen molar-refractivity contribution in [3.8, 4) is 0 Å². The van der Waals surface area contributed by atoms with Crippen LogP contribution in [0.4, 0.5) is 5.82 Å². The maximum atomic E-state index is 11.7. The molecule has 0 saturated carbocycles. The van der Waals surface area contributed by atoms with Gasteiger partial charge >= 0.3 is 5.97 Å². The number of hydrogen-bond donors (Lipinski definition) is 2. The van der Waals surface area contributed by atoms with Crippen LogP contribution < -0.4 is 5.32 Å². The molecule has 7 nitrogen and oxygen atoms in total. The summed E-state index contributed by atoms with van der Waals surface area (Å²) in [5.74, 6) is -0.201. The fourth-order valence-corrected chi connectivity index (χ4v) is 2.09. The van der Waals surface area contributed by atoms with Crippen molar-refractivity contribution >= 4 is 30.1 Å². The van der Waals surface area contributed by atoms with Crippen molar-refractivity contribution in [3.63, 3.8) is 0 Å². The molecule has 0 aromatic carbocycles. The van der Waals surface area contributed by atoms with E-state index in [1.54, 1.807) is 17.9 Å². The van der Waals surface area contributed by atoms with Gasteiger partial charge in [0.05, 0.1) is 6.54 Å². The van der Waals surface area contributed by atoms with Crippen LogP contribution in [0.25, 0.3) is 0 Å². The molecule has 1 aromatic rings. The maximum Gasteiger partial charge on any atom is 0.320 e. The number of nitrogens with zero attached hydrogens (tertiary/aromatic N) is 2. The predicted molar refractivity (Wildman–Crippen MR) is 69.3 cm³/mol. The van der Waals surface area contributed by atoms with E-state index in [1.807, 2.05) is 0 Å². The SMILES string of the molecule is Cc1cc(NC(=O)CN2CCC[C@H]2C(=O)O)no1.Cl. The van der Waals surface area contributed by atoms with E-state index in [9.17, 15) is 9.59 Å². The summed E-state index contributed by atoms with van der Waals surface area (Å²) in [6.07, 6.45) is 1.39. The summed E-state index contributed by atoms with van der Waals surface area (Å²) in [5.41, 5.74) is 0. The number of carboxylic acid groups (broad SMARTS) is 1. The van der Waals surface area contributed by atoms with Gasteiger partial charge in [0.2, 0.25) is 5.91 Å². The third kappa shape index (κ3) is 3.93. The first kappa shape index (κ1) is 15.5. The molecule has 1 aromatic heterocycles. The number of aliphatic carboxylic acids is 1. The van der Waals surface area contributed by atoms with Crippen molar-refractivity contribution in [2.45, 2.75) is 25.8 Å². The van der Waals surface area contributed by atoms with Crippen LogP contribution in [0.15, 0.2) is 10.6 Å². The standard InChI is InChI=1S/C11H15N3O4.ClH/c1-7-5-9(13-18-7)12-10(15)6-14-4-2-3-8(14)11(16)17;/h5,8H,2-4,6H2,1H3,(H,16,17)(H,12,13,15);1H/t8-;/m0./s1. The second kappa shape index (κ2) is 6.53. The number of hydrogen-bond acceptors (Lipinski definition) is 5. The van der Waals surface area contributed by atoms with Gasteiger partial charge in [-0.25, -0.2) is 0 Å². The number of likely N-dealkylation sites (tertiary alicyclic amines) is 1. The van der Waals surface area contributed by atoms with Crippen molar-refractivity contribution in [3.05, 3.63) is 11.8 Å². The van der Waals surface area contributed by atoms with Crippen LogP contribution in [-0.2, 0) is 9.59 Å². The van der Waals surface area contributed by atoms with E-state index in [1.165, 1.54) is 0 Å². The number of aryl methyl sites for hydroxylation is 1. The van der Waals surface area contributed by atoms with Gasteiger partial charge in [0.25, 0.3) is 0 Å². The number of carbonyl (C=O) groups is 2. The van der Waals surface area contributed by atoms with Crippen LogP contribution in [0.5, 0.6) is 0 Å². The van der Waals surface area contributed by atoms with Gasteiger partial charge in [-0.1, -0.05) is 5.16 Å². The third-order valence-corrected chi connectivity index (χ3v) is 2.89. The number of halogens is 1. The number of aromatic nitrogens is 1. The minimum atomic E-state index is -0.877. The Morgan fingerprint density at radius 3 is 2.95 bits per heavy atom. The highest BCUT2D eigenvalue weighted by Gasteiger charge is 2.31. The van der Waals surface area contributed by atoms with Gasteiger partial charge in [0.1, 0.15) is 11.8 Å². The van der Waals surface area contributed by atoms with Gasteiger partial charge in [0.15, 0.2) is 5.82 Å². The fourth-order valence-electron chi connectivity index (χ4n) is 2.09. The van der Waals surface area contributed by atoms with Crippen LogP contribution in [0, 0.1) is 6.92 Å². The number of carboxylic acids is 1. The average Bonchev–Trinajstić information content (AvgIpc) is 2.87. The molecule has 2 heterocycles. The summed E-state index contributed by atoms with van der Waals surface area (Å²) >= 11 is 0. The predicted octanol–water partition coefficient (Wildman–Crippen LogP) is 0.892. The van der Waals surface area contributed by atoms with E-state index in [-0.39, 0.29) is 24.9 Å². The molecule has 2 N–H and O–H groups in total. The molecule has 1 amide bonds. The molecule has 0 bridgehead atoms. The second-order valence-corrected chi connectivity index (χ2v) is 4.34. The third-order valence-electron chi connectivity index (χ3n) is 2.89. The van der Waals surface area contributed by atoms with Crippen molar-refractivity contribution in [1.29, 1.82) is 0 Å². The minimum absolute atomic E-state index is 0. The number of amides is 1. The number of nitrogens with one attached hydrogen (secondary N) is 1. The molecule has 2 rings (SSSR count). The topological polar surface area (TPSA) is 95.7 Å². The Kier molecular flexibility index (Phi) is 5.31. The normalized spacial score (nSPS) is 18.9. The molecule has 1 atom stereocenters. The summed E-state index contributed by atoms with van der Waals surface area (Å²) in [7, 11) is 0. The lowest BCUT2D eigenvalue weighted by Crippen LogP contribution is -2.40. The second-order valence-electron chi connectivity index (χ2n) is 4.34. The smallest absolute Gasteiger partial charge is 0.320 e. The summed E-state index contributed by atoms with van der Waals surface area (Å²) in [4.78, 5) is 24.3. The molecule has 106 valence electrons. The number of carbonyl (C=O) groups excluding carboxylic acids is 1. The summed E-state index contributed by atoms with van der Waals surface area (Å²) in [6, 6.07) is 1.05. The van der Waals surface area contributed by atoms with E-state index < -0.39 is 12.0 Å². The molecule has 1 saturated heterocycles. The zero-order chi connectivity index (χ0) is 13.1. The lowest BCUT2D eigenvalue weighted by molar-refractivity contribution is -0.142. The monoisotopic (exact) mass is 289 g/mol. The number of rotatable bonds is 4. The van der Waals surface area contributed by atoms with Crippen molar-refractivity contribution < 1.29 is 19.2 Å². The molecule has 0 spiro atoms. The first-order valence-corrected chi connectivity index (χ1v) is 5.76. The largest absolute Gasteiger partial charge is 0.480 e. The van der Waals surface area contributed by atoms with E-state index >= 15 is 0 Å². The van der Waals surface area contributed by atoms with Crippen LogP contribution in [0.2, 0.25) is 0 Å². The molecular formula is C11H16ClN3O4. The van der Waals surface area contributed by atoms with Crippen LogP contribution >= 0.6 is 12.4 Å². The highest BCUT2D eigenvalue weighted by Crippen LogP contribution is 2.17. The zero-order valence-corrected chi connectivity index (χ0v) is 11.3. The molecule has 0 unspecified atom stereocenters. The molecule has 0 radical (unpaired) electrons. The molecule has 19 heavy (non-hydrogen) atoms. The van der Waals surface area contributed by atoms with Gasteiger partial charge in [-0.3, -0.25) is 14.5 Å². The molecule has 1 fully saturated rings. The Morgan fingerprint density at radius 1 is 1.63 bits per heavy atom. The average molecular weight is 290 g/mol. The lowest BCUT2D eigenvalue weighted by atomic mass is 10.2. The van der Waals surface area contributed by atoms with Crippen molar-refractivity contribution in [2.24, 2.45) is 0 Å². The van der Waals surface area contributed by atoms with E-state index in [0.717, 1.165) is 6.42 Å². The van der Waals surface area contributed by atoms with Gasteiger partial charge in [-0.05, 0) is 26.3 Å². The summed E-state index contributed by atoms with van der Waals surface area (Å²) in [5, 5.41) is 15.2. The Morgan fingerprint density at radius 2 is 2.37 bits per heavy atom. The van der Waals surface area contributed by atoms with E-state index in [0.29, 0.717) is 24.5 Å². The minimum Gasteiger partial charge on any atom is -0.480 e. The van der Waals surface area contributed by atoms with E-state index in [4.69, 9.17) is 9.63 Å². The summed E-state index contributed by atoms with van der Waals surface area (Å²) < 4.78 is 4.82. The van der Waals surface area contributed by atoms with Gasteiger partial charge in [-0.15, -0.1) is 12.4 Å². The zero-order valence-electron chi connectivity index (χ0n) is 10.5. The maximum absolute atomic E-state index is 11.7. The Balaban J connectivity index is 0.00000180. The molecule has 1 aliphatic heterocycles. The van der Waals surface area contributed by atoms with E-state index in [2.05, 4.69) is 10.5 Å².